The second kappa shape index (κ2) is 8.46. The average Bonchev–Trinajstić information content (AvgIpc) is 2.71. The van der Waals surface area contributed by atoms with Crippen LogP contribution >= 0.6 is 11.6 Å². The highest BCUT2D eigenvalue weighted by atomic mass is 35.5. The van der Waals surface area contributed by atoms with Crippen molar-refractivity contribution >= 4 is 46.3 Å². The number of nitrogens with zero attached hydrogens (tertiary/aromatic N) is 2. The van der Waals surface area contributed by atoms with Crippen molar-refractivity contribution in [2.24, 2.45) is 0 Å². The Kier molecular flexibility index (Phi) is 5.97. The molecule has 4 N–H and O–H groups in total. The molecule has 1 heterocycles. The van der Waals surface area contributed by atoms with E-state index in [0.29, 0.717) is 11.3 Å². The van der Waals surface area contributed by atoms with Crippen LogP contribution in [-0.2, 0) is 10.9 Å². The van der Waals surface area contributed by atoms with E-state index in [2.05, 4.69) is 25.3 Å². The summed E-state index contributed by atoms with van der Waals surface area (Å²) in [6.07, 6.45) is -3.40. The zero-order valence-corrected chi connectivity index (χ0v) is 16.2. The highest BCUT2D eigenvalue weighted by molar-refractivity contribution is 6.31. The number of alkyl halides is 3. The minimum atomic E-state index is -4.60. The quantitative estimate of drug-likeness (QED) is 0.482. The Morgan fingerprint density at radius 2 is 1.60 bits per heavy atom. The molecule has 0 saturated carbocycles. The second-order valence-corrected chi connectivity index (χ2v) is 6.40. The monoisotopic (exact) mass is 437 g/mol. The highest BCUT2D eigenvalue weighted by Crippen LogP contribution is 2.37. The number of halogens is 4. The predicted molar refractivity (Wildman–Crippen MR) is 107 cm³/mol. The van der Waals surface area contributed by atoms with Crippen molar-refractivity contribution in [1.82, 2.24) is 9.97 Å². The Morgan fingerprint density at radius 1 is 1.03 bits per heavy atom. The lowest BCUT2D eigenvalue weighted by molar-refractivity contribution is -0.137. The molecule has 0 radical (unpaired) electrons. The molecule has 0 unspecified atom stereocenters. The van der Waals surface area contributed by atoms with Crippen molar-refractivity contribution < 1.29 is 22.7 Å². The Hall–Kier alpha value is -3.53. The fourth-order valence-corrected chi connectivity index (χ4v) is 2.72. The number of esters is 1. The van der Waals surface area contributed by atoms with Gasteiger partial charge in [0.2, 0.25) is 0 Å². The maximum absolute atomic E-state index is 13.1. The number of nitrogens with one attached hydrogen (secondary N) is 2. The molecule has 0 saturated heterocycles. The van der Waals surface area contributed by atoms with E-state index in [1.807, 2.05) is 0 Å². The van der Waals surface area contributed by atoms with Gasteiger partial charge in [-0.15, -0.1) is 0 Å². The number of rotatable bonds is 5. The van der Waals surface area contributed by atoms with Crippen molar-refractivity contribution in [1.29, 1.82) is 0 Å². The number of carbonyl (C=O) groups excluding carboxylic acids is 1. The van der Waals surface area contributed by atoms with Crippen LogP contribution in [-0.4, -0.2) is 23.0 Å². The number of hydrogen-bond donors (Lipinski definition) is 3. The first-order valence-corrected chi connectivity index (χ1v) is 8.76. The number of benzene rings is 2. The second-order valence-electron chi connectivity index (χ2n) is 6.00. The van der Waals surface area contributed by atoms with E-state index in [-0.39, 0.29) is 23.0 Å². The Morgan fingerprint density at radius 3 is 2.17 bits per heavy atom. The van der Waals surface area contributed by atoms with E-state index < -0.39 is 22.7 Å². The van der Waals surface area contributed by atoms with Crippen LogP contribution in [0.5, 0.6) is 0 Å². The maximum atomic E-state index is 13.1. The first kappa shape index (κ1) is 21.2. The molecule has 1 aromatic heterocycles. The molecule has 0 aliphatic rings. The van der Waals surface area contributed by atoms with Gasteiger partial charge in [-0.05, 0) is 42.5 Å². The number of ether oxygens (including phenoxy) is 1. The lowest BCUT2D eigenvalue weighted by Crippen LogP contribution is -2.08. The number of aromatic nitrogens is 2. The largest absolute Gasteiger partial charge is 0.465 e. The van der Waals surface area contributed by atoms with Crippen LogP contribution in [0.2, 0.25) is 5.02 Å². The highest BCUT2D eigenvalue weighted by Gasteiger charge is 2.33. The van der Waals surface area contributed by atoms with Gasteiger partial charge in [-0.2, -0.15) is 13.2 Å². The van der Waals surface area contributed by atoms with E-state index in [0.717, 1.165) is 12.1 Å². The van der Waals surface area contributed by atoms with Crippen LogP contribution in [0.4, 0.5) is 41.9 Å². The van der Waals surface area contributed by atoms with Gasteiger partial charge >= 0.3 is 12.1 Å². The molecule has 0 amide bonds. The lowest BCUT2D eigenvalue weighted by atomic mass is 10.2. The molecule has 0 atom stereocenters. The minimum absolute atomic E-state index is 0.0815. The fourth-order valence-electron chi connectivity index (χ4n) is 2.50. The summed E-state index contributed by atoms with van der Waals surface area (Å²) in [5, 5.41) is 5.28. The topological polar surface area (TPSA) is 102 Å². The van der Waals surface area contributed by atoms with Crippen LogP contribution in [0, 0.1) is 0 Å². The summed E-state index contributed by atoms with van der Waals surface area (Å²) in [4.78, 5) is 19.5. The van der Waals surface area contributed by atoms with Gasteiger partial charge in [0.05, 0.1) is 23.3 Å². The van der Waals surface area contributed by atoms with Gasteiger partial charge in [-0.25, -0.2) is 14.8 Å². The SMILES string of the molecule is COC(=O)c1ccc(Nc2ncnc(Nc3ccc(Cl)c(C(F)(F)F)c3)c2N)cc1. The summed E-state index contributed by atoms with van der Waals surface area (Å²) in [5.41, 5.74) is 6.20. The average molecular weight is 438 g/mol. The molecule has 0 spiro atoms. The van der Waals surface area contributed by atoms with Crippen LogP contribution in [0.25, 0.3) is 0 Å². The first-order valence-electron chi connectivity index (χ1n) is 8.38. The van der Waals surface area contributed by atoms with Crippen LogP contribution in [0.3, 0.4) is 0 Å². The van der Waals surface area contributed by atoms with Gasteiger partial charge in [0.15, 0.2) is 11.6 Å². The molecule has 3 aromatic rings. The maximum Gasteiger partial charge on any atom is 0.417 e. The summed E-state index contributed by atoms with van der Waals surface area (Å²) < 4.78 is 43.8. The van der Waals surface area contributed by atoms with Gasteiger partial charge in [-0.3, -0.25) is 0 Å². The Labute approximate surface area is 174 Å². The molecule has 0 bridgehead atoms. The van der Waals surface area contributed by atoms with Gasteiger partial charge in [-0.1, -0.05) is 11.6 Å². The van der Waals surface area contributed by atoms with Crippen LogP contribution in [0.15, 0.2) is 48.8 Å². The van der Waals surface area contributed by atoms with Gasteiger partial charge in [0.1, 0.15) is 12.0 Å². The molecule has 7 nitrogen and oxygen atoms in total. The number of methoxy groups -OCH3 is 1. The van der Waals surface area contributed by atoms with E-state index in [1.54, 1.807) is 24.3 Å². The molecule has 11 heteroatoms. The smallest absolute Gasteiger partial charge is 0.417 e. The first-order chi connectivity index (χ1) is 14.2. The molecule has 3 rings (SSSR count). The summed E-state index contributed by atoms with van der Waals surface area (Å²) in [6, 6.07) is 9.71. The summed E-state index contributed by atoms with van der Waals surface area (Å²) >= 11 is 5.63. The third-order valence-electron chi connectivity index (χ3n) is 3.99. The van der Waals surface area contributed by atoms with Crippen LogP contribution < -0.4 is 16.4 Å². The number of hydrogen-bond acceptors (Lipinski definition) is 7. The summed E-state index contributed by atoms with van der Waals surface area (Å²) in [6.45, 7) is 0. The number of anilines is 5. The van der Waals surface area contributed by atoms with E-state index in [4.69, 9.17) is 17.3 Å². The number of carbonyl (C=O) groups is 1. The third-order valence-corrected chi connectivity index (χ3v) is 4.32. The van der Waals surface area contributed by atoms with E-state index >= 15 is 0 Å². The van der Waals surface area contributed by atoms with Crippen molar-refractivity contribution in [2.75, 3.05) is 23.5 Å². The van der Waals surface area contributed by atoms with Crippen molar-refractivity contribution in [3.8, 4) is 0 Å². The zero-order valence-electron chi connectivity index (χ0n) is 15.4. The number of nitrogens with two attached hydrogens (primary N) is 1. The Bertz CT molecular complexity index is 1070. The van der Waals surface area contributed by atoms with Gasteiger partial charge in [0.25, 0.3) is 0 Å². The third kappa shape index (κ3) is 4.71. The predicted octanol–water partition coefficient (Wildman–Crippen LogP) is 5.00. The molecule has 0 fully saturated rings. The van der Waals surface area contributed by atoms with Crippen LogP contribution in [0.1, 0.15) is 15.9 Å². The minimum Gasteiger partial charge on any atom is -0.465 e. The van der Waals surface area contributed by atoms with Crippen molar-refractivity contribution in [3.63, 3.8) is 0 Å². The molecule has 156 valence electrons. The van der Waals surface area contributed by atoms with Crippen molar-refractivity contribution in [2.45, 2.75) is 6.18 Å². The molecule has 0 aliphatic heterocycles. The summed E-state index contributed by atoms with van der Waals surface area (Å²) in [7, 11) is 1.28. The van der Waals surface area contributed by atoms with E-state index in [9.17, 15) is 18.0 Å². The summed E-state index contributed by atoms with van der Waals surface area (Å²) in [5.74, 6) is -0.145. The van der Waals surface area contributed by atoms with Gasteiger partial charge in [0, 0.05) is 11.4 Å². The molecule has 30 heavy (non-hydrogen) atoms. The molecule has 2 aromatic carbocycles. The van der Waals surface area contributed by atoms with E-state index in [1.165, 1.54) is 19.5 Å². The molecular weight excluding hydrogens is 423 g/mol. The Balaban J connectivity index is 1.83. The molecular formula is C19H15ClF3N5O2. The van der Waals surface area contributed by atoms with Crippen molar-refractivity contribution in [3.05, 3.63) is 64.9 Å². The fraction of sp³-hybridized carbons (Fsp3) is 0.105. The zero-order chi connectivity index (χ0) is 21.9. The lowest BCUT2D eigenvalue weighted by Gasteiger charge is -2.14. The molecule has 0 aliphatic carbocycles. The van der Waals surface area contributed by atoms with Gasteiger partial charge < -0.3 is 21.1 Å². The standard InChI is InChI=1S/C19H15ClF3N5O2/c1-30-18(29)10-2-4-11(5-3-10)27-16-15(24)17(26-9-25-16)28-12-6-7-14(20)13(8-12)19(21,22)23/h2-9H,24H2,1H3,(H2,25,26,27,28). The number of nitrogen functional groups attached to an aromatic ring is 1. The normalized spacial score (nSPS) is 11.1.